The predicted octanol–water partition coefficient (Wildman–Crippen LogP) is 2.30. The summed E-state index contributed by atoms with van der Waals surface area (Å²) in [6.45, 7) is 2.65. The van der Waals surface area contributed by atoms with E-state index in [0.717, 1.165) is 50.3 Å². The monoisotopic (exact) mass is 474 g/mol. The van der Waals surface area contributed by atoms with E-state index in [1.165, 1.54) is 6.07 Å². The third-order valence-electron chi connectivity index (χ3n) is 8.23. The van der Waals surface area contributed by atoms with Gasteiger partial charge in [-0.1, -0.05) is 0 Å². The minimum atomic E-state index is -0.389. The van der Waals surface area contributed by atoms with Crippen LogP contribution in [0.15, 0.2) is 18.3 Å². The number of rotatable bonds is 3. The summed E-state index contributed by atoms with van der Waals surface area (Å²) in [6.07, 6.45) is 5.21. The summed E-state index contributed by atoms with van der Waals surface area (Å²) >= 11 is 0. The Hall–Kier alpha value is -3.38. The average Bonchev–Trinajstić information content (AvgIpc) is 3.61. The Kier molecular flexibility index (Phi) is 4.68. The van der Waals surface area contributed by atoms with Crippen molar-refractivity contribution in [2.75, 3.05) is 36.5 Å². The number of hydrogen-bond donors (Lipinski definition) is 3. The van der Waals surface area contributed by atoms with E-state index in [4.69, 9.17) is 4.74 Å². The van der Waals surface area contributed by atoms with Crippen molar-refractivity contribution in [3.05, 3.63) is 46.4 Å². The summed E-state index contributed by atoms with van der Waals surface area (Å²) in [5, 5.41) is 19.8. The Morgan fingerprint density at radius 3 is 2.91 bits per heavy atom. The number of fused-ring (bicyclic) bond motifs is 6. The molecule has 3 fully saturated rings. The molecule has 180 valence electrons. The zero-order chi connectivity index (χ0) is 23.7. The second kappa shape index (κ2) is 7.82. The summed E-state index contributed by atoms with van der Waals surface area (Å²) in [6, 6.07) is 6.02. The van der Waals surface area contributed by atoms with Gasteiger partial charge in [0, 0.05) is 49.9 Å². The molecule has 7 rings (SSSR count). The molecule has 2 saturated heterocycles. The number of carbonyl (C=O) groups excluding carboxylic acids is 1. The van der Waals surface area contributed by atoms with Gasteiger partial charge in [-0.15, -0.1) is 0 Å². The van der Waals surface area contributed by atoms with Crippen molar-refractivity contribution < 1.29 is 13.9 Å². The normalized spacial score (nSPS) is 29.6. The minimum absolute atomic E-state index is 0.188. The smallest absolute Gasteiger partial charge is 0.253 e. The van der Waals surface area contributed by atoms with E-state index in [1.54, 1.807) is 6.20 Å². The number of ether oxygens (including phenoxy) is 1. The molecule has 5 heterocycles. The van der Waals surface area contributed by atoms with Gasteiger partial charge in [0.15, 0.2) is 0 Å². The summed E-state index contributed by atoms with van der Waals surface area (Å²) < 4.78 is 21.3. The molecule has 5 atom stereocenters. The van der Waals surface area contributed by atoms with Gasteiger partial charge in [-0.25, -0.2) is 9.37 Å². The van der Waals surface area contributed by atoms with E-state index < -0.39 is 0 Å². The number of benzene rings is 1. The molecule has 0 radical (unpaired) electrons. The Morgan fingerprint density at radius 1 is 1.29 bits per heavy atom. The molecule has 2 bridgehead atoms. The van der Waals surface area contributed by atoms with E-state index in [9.17, 15) is 10.1 Å². The average molecular weight is 475 g/mol. The minimum Gasteiger partial charge on any atom is -0.490 e. The highest BCUT2D eigenvalue weighted by atomic mass is 19.1. The molecule has 8 nitrogen and oxygen atoms in total. The standard InChI is InChI=1S/C26H27FN6O2/c27-22-6-23(33-10-15-1-2-16(11-33)31-15)21(7-28)24-20(22)5-17(12-35-24)32-26(34)14-4-19-18-3-13(18)8-29-25(19)30-9-14/h4,6,9,13,15-18,31H,1-3,5,8,10-12H2,(H,29,30)(H,32,34)/t13-,15?,16?,17-,18-/m1/s1. The molecule has 9 heteroatoms. The van der Waals surface area contributed by atoms with Gasteiger partial charge >= 0.3 is 0 Å². The van der Waals surface area contributed by atoms with Gasteiger partial charge in [0.2, 0.25) is 0 Å². The van der Waals surface area contributed by atoms with Gasteiger partial charge in [0.25, 0.3) is 5.91 Å². The molecule has 2 aromatic rings. The summed E-state index contributed by atoms with van der Waals surface area (Å²) in [5.74, 6) is 1.70. The van der Waals surface area contributed by atoms with Crippen LogP contribution >= 0.6 is 0 Å². The van der Waals surface area contributed by atoms with E-state index in [2.05, 4.69) is 31.9 Å². The van der Waals surface area contributed by atoms with Crippen molar-refractivity contribution in [1.29, 1.82) is 5.26 Å². The fourth-order valence-corrected chi connectivity index (χ4v) is 6.32. The molecule has 35 heavy (non-hydrogen) atoms. The van der Waals surface area contributed by atoms with Crippen LogP contribution in [0.2, 0.25) is 0 Å². The van der Waals surface area contributed by atoms with E-state index in [-0.39, 0.29) is 30.8 Å². The molecule has 1 saturated carbocycles. The van der Waals surface area contributed by atoms with Crippen molar-refractivity contribution in [1.82, 2.24) is 15.6 Å². The number of piperazine rings is 1. The second-order valence-electron chi connectivity index (χ2n) is 10.5. The van der Waals surface area contributed by atoms with Crippen molar-refractivity contribution in [2.24, 2.45) is 5.92 Å². The molecule has 1 aromatic heterocycles. The number of amides is 1. The van der Waals surface area contributed by atoms with Gasteiger partial charge in [-0.3, -0.25) is 4.79 Å². The molecule has 3 N–H and O–H groups in total. The maximum Gasteiger partial charge on any atom is 0.253 e. The van der Waals surface area contributed by atoms with Crippen LogP contribution < -0.4 is 25.6 Å². The largest absolute Gasteiger partial charge is 0.490 e. The number of nitriles is 1. The van der Waals surface area contributed by atoms with E-state index >= 15 is 4.39 Å². The third kappa shape index (κ3) is 3.50. The maximum atomic E-state index is 15.3. The number of nitrogens with one attached hydrogen (secondary N) is 3. The SMILES string of the molecule is N#Cc1c(N2CC3CCC(C2)N3)cc(F)c2c1OC[C@H](NC(=O)c1cnc3c(c1)[C@@H]1C[C@@H]1CN3)C2. The number of hydrogen-bond acceptors (Lipinski definition) is 7. The van der Waals surface area contributed by atoms with Gasteiger partial charge < -0.3 is 25.6 Å². The highest BCUT2D eigenvalue weighted by Crippen LogP contribution is 2.52. The van der Waals surface area contributed by atoms with Gasteiger partial charge in [0.05, 0.1) is 17.3 Å². The number of carbonyl (C=O) groups is 1. The first kappa shape index (κ1) is 20.9. The van der Waals surface area contributed by atoms with Crippen molar-refractivity contribution >= 4 is 17.4 Å². The lowest BCUT2D eigenvalue weighted by molar-refractivity contribution is 0.0914. The quantitative estimate of drug-likeness (QED) is 0.627. The zero-order valence-corrected chi connectivity index (χ0v) is 19.3. The summed E-state index contributed by atoms with van der Waals surface area (Å²) in [5.41, 5.74) is 2.96. The van der Waals surface area contributed by atoms with Crippen molar-refractivity contribution in [3.63, 3.8) is 0 Å². The third-order valence-corrected chi connectivity index (χ3v) is 8.23. The van der Waals surface area contributed by atoms with Crippen LogP contribution in [0, 0.1) is 23.1 Å². The molecular formula is C26H27FN6O2. The van der Waals surface area contributed by atoms with Gasteiger partial charge in [-0.2, -0.15) is 5.26 Å². The van der Waals surface area contributed by atoms with Crippen LogP contribution in [0.3, 0.4) is 0 Å². The van der Waals surface area contributed by atoms with E-state index in [1.807, 2.05) is 6.07 Å². The molecule has 4 aliphatic heterocycles. The van der Waals surface area contributed by atoms with Gasteiger partial charge in [0.1, 0.15) is 35.6 Å². The molecular weight excluding hydrogens is 447 g/mol. The first-order valence-corrected chi connectivity index (χ1v) is 12.5. The first-order valence-electron chi connectivity index (χ1n) is 12.5. The fourth-order valence-electron chi connectivity index (χ4n) is 6.32. The molecule has 5 aliphatic rings. The number of pyridine rings is 1. The molecule has 0 spiro atoms. The fraction of sp³-hybridized carbons (Fsp3) is 0.500. The number of halogens is 1. The Balaban J connectivity index is 1.11. The lowest BCUT2D eigenvalue weighted by atomic mass is 9.96. The second-order valence-corrected chi connectivity index (χ2v) is 10.5. The van der Waals surface area contributed by atoms with Crippen LogP contribution in [0.5, 0.6) is 5.75 Å². The van der Waals surface area contributed by atoms with E-state index in [0.29, 0.717) is 52.0 Å². The molecule has 1 aliphatic carbocycles. The lowest BCUT2D eigenvalue weighted by Crippen LogP contribution is -2.51. The van der Waals surface area contributed by atoms with Crippen LogP contribution in [0.4, 0.5) is 15.9 Å². The number of aromatic nitrogens is 1. The Morgan fingerprint density at radius 2 is 2.11 bits per heavy atom. The lowest BCUT2D eigenvalue weighted by Gasteiger charge is -2.36. The number of anilines is 2. The van der Waals surface area contributed by atoms with Crippen LogP contribution in [-0.2, 0) is 6.42 Å². The maximum absolute atomic E-state index is 15.3. The van der Waals surface area contributed by atoms with Crippen molar-refractivity contribution in [3.8, 4) is 11.8 Å². The molecule has 2 unspecified atom stereocenters. The van der Waals surface area contributed by atoms with Crippen LogP contribution in [0.1, 0.15) is 52.2 Å². The van der Waals surface area contributed by atoms with Crippen molar-refractivity contribution in [2.45, 2.75) is 49.7 Å². The highest BCUT2D eigenvalue weighted by Gasteiger charge is 2.43. The number of nitrogens with zero attached hydrogens (tertiary/aromatic N) is 3. The zero-order valence-electron chi connectivity index (χ0n) is 19.3. The van der Waals surface area contributed by atoms with Crippen LogP contribution in [-0.4, -0.2) is 55.3 Å². The highest BCUT2D eigenvalue weighted by molar-refractivity contribution is 5.94. The topological polar surface area (TPSA) is 102 Å². The Bertz CT molecular complexity index is 1260. The van der Waals surface area contributed by atoms with Crippen LogP contribution in [0.25, 0.3) is 0 Å². The Labute approximate surface area is 202 Å². The first-order chi connectivity index (χ1) is 17.1. The predicted molar refractivity (Wildman–Crippen MR) is 127 cm³/mol. The van der Waals surface area contributed by atoms with Gasteiger partial charge in [-0.05, 0) is 48.8 Å². The molecule has 1 aromatic carbocycles. The summed E-state index contributed by atoms with van der Waals surface area (Å²) in [4.78, 5) is 19.5. The molecule has 1 amide bonds. The summed E-state index contributed by atoms with van der Waals surface area (Å²) in [7, 11) is 0.